The zero-order chi connectivity index (χ0) is 31.1. The summed E-state index contributed by atoms with van der Waals surface area (Å²) in [5.41, 5.74) is 5.02. The fraction of sp³-hybridized carbons (Fsp3) is 0.692. The van der Waals surface area contributed by atoms with Gasteiger partial charge in [0.15, 0.2) is 0 Å². The zero-order valence-electron chi connectivity index (χ0n) is 22.4. The highest BCUT2D eigenvalue weighted by Crippen LogP contribution is 2.42. The maximum atomic E-state index is 13.6. The number of hydrogen-bond acceptors (Lipinski definition) is 5. The Morgan fingerprint density at radius 1 is 0.905 bits per heavy atom. The average molecular weight is 619 g/mol. The van der Waals surface area contributed by atoms with Crippen molar-refractivity contribution in [1.29, 1.82) is 0 Å². The van der Waals surface area contributed by atoms with Gasteiger partial charge in [0.25, 0.3) is 6.10 Å². The van der Waals surface area contributed by atoms with Crippen molar-refractivity contribution in [3.63, 3.8) is 0 Å². The predicted octanol–water partition coefficient (Wildman–Crippen LogP) is 5.47. The van der Waals surface area contributed by atoms with Crippen LogP contribution in [0, 0.1) is 5.92 Å². The van der Waals surface area contributed by atoms with Crippen LogP contribution in [-0.2, 0) is 22.3 Å². The molecule has 3 fully saturated rings. The molecule has 0 atom stereocenters. The number of nitrogens with two attached hydrogens (primary N) is 1. The van der Waals surface area contributed by atoms with Crippen LogP contribution in [0.25, 0.3) is 0 Å². The maximum Gasteiger partial charge on any atom is 0.434 e. The molecule has 0 unspecified atom stereocenters. The molecule has 1 aromatic carbocycles. The predicted molar refractivity (Wildman–Crippen MR) is 131 cm³/mol. The number of halogens is 9. The molecular weight excluding hydrogens is 587 g/mol. The number of carbonyl (C=O) groups is 2. The van der Waals surface area contributed by atoms with Crippen molar-refractivity contribution in [1.82, 2.24) is 9.80 Å². The zero-order valence-corrected chi connectivity index (χ0v) is 22.4. The minimum atomic E-state index is -5.82. The standard InChI is InChI=1S/C26H31F9N4O3/c27-24(28,29)18-3-2-17(19(14-18)37-10-4-16(5-11-37)20(36)40)15-39-9-1-6-23(39)7-12-38(13-8-23)22(41)42-21(25(30,31)32)26(33,34)35/h2-3,14,16,21H,1,4-13,15H2,(H2,36,40). The van der Waals surface area contributed by atoms with Gasteiger partial charge in [-0.05, 0) is 62.8 Å². The van der Waals surface area contributed by atoms with Crippen molar-refractivity contribution in [2.24, 2.45) is 11.7 Å². The van der Waals surface area contributed by atoms with E-state index < -0.39 is 47.7 Å². The van der Waals surface area contributed by atoms with Gasteiger partial charge in [-0.1, -0.05) is 6.07 Å². The lowest BCUT2D eigenvalue weighted by atomic mass is 9.84. The number of amides is 2. The molecule has 42 heavy (non-hydrogen) atoms. The number of primary amides is 1. The molecule has 0 bridgehead atoms. The molecule has 7 nitrogen and oxygen atoms in total. The highest BCUT2D eigenvalue weighted by atomic mass is 19.4. The third-order valence-electron chi connectivity index (χ3n) is 8.52. The second kappa shape index (κ2) is 11.6. The largest absolute Gasteiger partial charge is 0.434 e. The molecule has 16 heteroatoms. The average Bonchev–Trinajstić information content (AvgIpc) is 3.26. The van der Waals surface area contributed by atoms with Crippen LogP contribution >= 0.6 is 0 Å². The Morgan fingerprint density at radius 2 is 1.50 bits per heavy atom. The van der Waals surface area contributed by atoms with Gasteiger partial charge >= 0.3 is 24.6 Å². The molecule has 2 amide bonds. The third-order valence-corrected chi connectivity index (χ3v) is 8.52. The Kier molecular flexibility index (Phi) is 8.87. The van der Waals surface area contributed by atoms with Gasteiger partial charge in [0.1, 0.15) is 0 Å². The van der Waals surface area contributed by atoms with Gasteiger partial charge < -0.3 is 20.3 Å². The first-order valence-corrected chi connectivity index (χ1v) is 13.5. The van der Waals surface area contributed by atoms with Crippen molar-refractivity contribution in [2.75, 3.05) is 37.6 Å². The monoisotopic (exact) mass is 618 g/mol. The molecule has 1 spiro atoms. The van der Waals surface area contributed by atoms with Crippen LogP contribution in [0.2, 0.25) is 0 Å². The van der Waals surface area contributed by atoms with Crippen molar-refractivity contribution >= 4 is 17.7 Å². The normalized spacial score (nSPS) is 20.9. The van der Waals surface area contributed by atoms with Crippen LogP contribution < -0.4 is 10.6 Å². The number of hydrogen-bond donors (Lipinski definition) is 1. The molecule has 236 valence electrons. The number of carbonyl (C=O) groups excluding carboxylic acids is 2. The first-order chi connectivity index (χ1) is 19.4. The minimum absolute atomic E-state index is 0.141. The molecule has 3 heterocycles. The van der Waals surface area contributed by atoms with Crippen molar-refractivity contribution in [3.8, 4) is 0 Å². The van der Waals surface area contributed by atoms with Gasteiger partial charge in [0.2, 0.25) is 5.91 Å². The Hall–Kier alpha value is -2.91. The van der Waals surface area contributed by atoms with E-state index in [1.165, 1.54) is 6.07 Å². The van der Waals surface area contributed by atoms with Gasteiger partial charge in [-0.25, -0.2) is 4.79 Å². The molecule has 3 aliphatic rings. The summed E-state index contributed by atoms with van der Waals surface area (Å²) in [6.07, 6.45) is -19.5. The van der Waals surface area contributed by atoms with Crippen molar-refractivity contribution in [3.05, 3.63) is 29.3 Å². The fourth-order valence-corrected chi connectivity index (χ4v) is 6.19. The smallest absolute Gasteiger partial charge is 0.426 e. The van der Waals surface area contributed by atoms with Crippen LogP contribution in [0.3, 0.4) is 0 Å². The van der Waals surface area contributed by atoms with E-state index >= 15 is 0 Å². The Bertz CT molecular complexity index is 1130. The number of anilines is 1. The number of benzene rings is 1. The van der Waals surface area contributed by atoms with E-state index in [9.17, 15) is 49.1 Å². The SMILES string of the molecule is NC(=O)C1CCN(c2cc(C(F)(F)F)ccc2CN2CCCC23CCN(C(=O)OC(C(F)(F)F)C(F)(F)F)CC3)CC1. The summed E-state index contributed by atoms with van der Waals surface area (Å²) in [7, 11) is 0. The van der Waals surface area contributed by atoms with Crippen LogP contribution in [-0.4, -0.2) is 78.5 Å². The van der Waals surface area contributed by atoms with Gasteiger partial charge in [-0.3, -0.25) is 9.69 Å². The van der Waals surface area contributed by atoms with Gasteiger partial charge in [0, 0.05) is 49.9 Å². The summed E-state index contributed by atoms with van der Waals surface area (Å²) < 4.78 is 122. The number of ether oxygens (including phenoxy) is 1. The first kappa shape index (κ1) is 32.0. The number of alkyl halides is 9. The fourth-order valence-electron chi connectivity index (χ4n) is 6.19. The summed E-state index contributed by atoms with van der Waals surface area (Å²) in [5.74, 6) is -0.822. The summed E-state index contributed by atoms with van der Waals surface area (Å²) in [4.78, 5) is 28.5. The summed E-state index contributed by atoms with van der Waals surface area (Å²) in [6.45, 7) is 1.20. The number of likely N-dealkylation sites (tertiary alicyclic amines) is 2. The molecule has 1 aromatic rings. The minimum Gasteiger partial charge on any atom is -0.426 e. The lowest BCUT2D eigenvalue weighted by Crippen LogP contribution is -2.54. The Morgan fingerprint density at radius 3 is 2.02 bits per heavy atom. The molecule has 2 N–H and O–H groups in total. The van der Waals surface area contributed by atoms with Crippen LogP contribution in [0.5, 0.6) is 0 Å². The molecule has 3 aliphatic heterocycles. The second-order valence-corrected chi connectivity index (χ2v) is 11.1. The van der Waals surface area contributed by atoms with Gasteiger partial charge in [0.05, 0.1) is 5.56 Å². The lowest BCUT2D eigenvalue weighted by Gasteiger charge is -2.45. The molecule has 0 aromatic heterocycles. The highest BCUT2D eigenvalue weighted by Gasteiger charge is 2.60. The molecule has 0 aliphatic carbocycles. The van der Waals surface area contributed by atoms with E-state index in [1.807, 2.05) is 0 Å². The molecule has 3 saturated heterocycles. The molecular formula is C26H31F9N4O3. The van der Waals surface area contributed by atoms with Crippen molar-refractivity contribution in [2.45, 2.75) is 75.2 Å². The summed E-state index contributed by atoms with van der Waals surface area (Å²) >= 11 is 0. The number of piperidine rings is 2. The highest BCUT2D eigenvalue weighted by molar-refractivity contribution is 5.77. The third kappa shape index (κ3) is 7.00. The van der Waals surface area contributed by atoms with Crippen LogP contribution in [0.4, 0.5) is 50.0 Å². The van der Waals surface area contributed by atoms with Gasteiger partial charge in [-0.15, -0.1) is 0 Å². The molecule has 4 rings (SSSR count). The molecule has 0 saturated carbocycles. The topological polar surface area (TPSA) is 79.1 Å². The number of rotatable bonds is 5. The van der Waals surface area contributed by atoms with E-state index in [2.05, 4.69) is 9.64 Å². The summed E-state index contributed by atoms with van der Waals surface area (Å²) in [5, 5.41) is 0. The maximum absolute atomic E-state index is 13.6. The lowest BCUT2D eigenvalue weighted by molar-refractivity contribution is -0.308. The van der Waals surface area contributed by atoms with Gasteiger partial charge in [-0.2, -0.15) is 39.5 Å². The quantitative estimate of drug-likeness (QED) is 0.444. The second-order valence-electron chi connectivity index (χ2n) is 11.1. The van der Waals surface area contributed by atoms with Crippen molar-refractivity contribution < 1.29 is 53.8 Å². The Balaban J connectivity index is 1.48. The first-order valence-electron chi connectivity index (χ1n) is 13.5. The van der Waals surface area contributed by atoms with Crippen LogP contribution in [0.15, 0.2) is 18.2 Å². The van der Waals surface area contributed by atoms with Crippen LogP contribution in [0.1, 0.15) is 49.7 Å². The Labute approximate surface area is 235 Å². The number of nitrogens with zero attached hydrogens (tertiary/aromatic N) is 3. The van der Waals surface area contributed by atoms with E-state index in [1.54, 1.807) is 4.90 Å². The van der Waals surface area contributed by atoms with E-state index in [4.69, 9.17) is 5.73 Å². The summed E-state index contributed by atoms with van der Waals surface area (Å²) in [6, 6.07) is 3.48. The van der Waals surface area contributed by atoms with E-state index in [0.29, 0.717) is 56.6 Å². The van der Waals surface area contributed by atoms with E-state index in [-0.39, 0.29) is 38.4 Å². The van der Waals surface area contributed by atoms with E-state index in [0.717, 1.165) is 17.0 Å². The molecule has 0 radical (unpaired) electrons.